The number of carbonyl (C=O) groups excluding carboxylic acids is 1. The second-order valence-corrected chi connectivity index (χ2v) is 6.11. The van der Waals surface area contributed by atoms with Crippen molar-refractivity contribution in [3.05, 3.63) is 51.2 Å². The Morgan fingerprint density at radius 1 is 1.31 bits per heavy atom. The normalized spacial score (nSPS) is 12.8. The van der Waals surface area contributed by atoms with E-state index < -0.39 is 0 Å². The molecule has 8 nitrogen and oxygen atoms in total. The lowest BCUT2D eigenvalue weighted by Gasteiger charge is -2.16. The predicted molar refractivity (Wildman–Crippen MR) is 95.3 cm³/mol. The van der Waals surface area contributed by atoms with E-state index in [0.29, 0.717) is 53.8 Å². The molecule has 138 valence electrons. The maximum Gasteiger partial charge on any atom is 0.258 e. The number of aryl methyl sites for hydroxylation is 1. The molecule has 0 bridgehead atoms. The summed E-state index contributed by atoms with van der Waals surface area (Å²) in [5.41, 5.74) is 7.03. The Hall–Kier alpha value is -2.87. The summed E-state index contributed by atoms with van der Waals surface area (Å²) in [6.45, 7) is 3.09. The molecule has 0 saturated carbocycles. The van der Waals surface area contributed by atoms with Crippen LogP contribution in [0.15, 0.2) is 23.0 Å². The maximum absolute atomic E-state index is 12.9. The molecule has 0 radical (unpaired) electrons. The number of methoxy groups -OCH3 is 1. The topological polar surface area (TPSA) is 99.7 Å². The number of hydrogen-bond donors (Lipinski definition) is 1. The van der Waals surface area contributed by atoms with Crippen LogP contribution < -0.4 is 20.8 Å². The minimum Gasteiger partial charge on any atom is -0.493 e. The molecular weight excluding hydrogens is 336 g/mol. The molecule has 26 heavy (non-hydrogen) atoms. The van der Waals surface area contributed by atoms with E-state index in [-0.39, 0.29) is 18.0 Å². The number of rotatable bonds is 5. The van der Waals surface area contributed by atoms with Gasteiger partial charge in [-0.1, -0.05) is 0 Å². The molecule has 2 N–H and O–H groups in total. The van der Waals surface area contributed by atoms with Crippen LogP contribution in [0.25, 0.3) is 0 Å². The molecule has 1 aliphatic heterocycles. The van der Waals surface area contributed by atoms with E-state index in [4.69, 9.17) is 15.2 Å². The van der Waals surface area contributed by atoms with Gasteiger partial charge < -0.3 is 20.1 Å². The van der Waals surface area contributed by atoms with Gasteiger partial charge >= 0.3 is 0 Å². The first-order chi connectivity index (χ1) is 12.5. The molecule has 0 atom stereocenters. The van der Waals surface area contributed by atoms with E-state index >= 15 is 0 Å². The summed E-state index contributed by atoms with van der Waals surface area (Å²) in [6.07, 6.45) is 0. The molecule has 2 aromatic rings. The van der Waals surface area contributed by atoms with Crippen molar-refractivity contribution in [1.82, 2.24) is 14.5 Å². The highest BCUT2D eigenvalue weighted by Crippen LogP contribution is 2.29. The Bertz CT molecular complexity index is 907. The van der Waals surface area contributed by atoms with Crippen LogP contribution in [-0.2, 0) is 20.1 Å². The molecule has 3 rings (SSSR count). The summed E-state index contributed by atoms with van der Waals surface area (Å²) >= 11 is 0. The van der Waals surface area contributed by atoms with E-state index in [9.17, 15) is 9.59 Å². The molecule has 0 spiro atoms. The molecule has 0 aliphatic carbocycles. The molecule has 1 aromatic carbocycles. The lowest BCUT2D eigenvalue weighted by molar-refractivity contribution is 0.0749. The van der Waals surface area contributed by atoms with Crippen molar-refractivity contribution in [2.45, 2.75) is 20.0 Å². The first kappa shape index (κ1) is 17.9. The van der Waals surface area contributed by atoms with Crippen molar-refractivity contribution in [2.75, 3.05) is 20.3 Å². The lowest BCUT2D eigenvalue weighted by atomic mass is 10.1. The van der Waals surface area contributed by atoms with Crippen LogP contribution in [0.1, 0.15) is 27.4 Å². The first-order valence-corrected chi connectivity index (χ1v) is 8.31. The fourth-order valence-electron chi connectivity index (χ4n) is 2.94. The van der Waals surface area contributed by atoms with Gasteiger partial charge in [0.2, 0.25) is 0 Å². The number of ether oxygens (including phenoxy) is 2. The van der Waals surface area contributed by atoms with Gasteiger partial charge in [0.1, 0.15) is 12.4 Å². The summed E-state index contributed by atoms with van der Waals surface area (Å²) < 4.78 is 12.3. The fraction of sp³-hybridized carbons (Fsp3) is 0.389. The number of fused-ring (bicyclic) bond motifs is 1. The number of amides is 1. The molecular formula is C18H22N4O4. The van der Waals surface area contributed by atoms with Gasteiger partial charge in [-0.05, 0) is 25.1 Å². The van der Waals surface area contributed by atoms with Gasteiger partial charge in [-0.25, -0.2) is 4.98 Å². The third-order valence-corrected chi connectivity index (χ3v) is 4.46. The predicted octanol–water partition coefficient (Wildman–Crippen LogP) is 0.591. The standard InChI is InChI=1S/C18H22N4O4/c1-11-20-14-10-22(9-13(14)18(24)21(11)2)17(23)12-4-5-15(26-7-6-19)16(8-12)25-3/h4-5,8H,6-7,9-10,19H2,1-3H3. The first-order valence-electron chi connectivity index (χ1n) is 8.31. The highest BCUT2D eigenvalue weighted by Gasteiger charge is 2.29. The van der Waals surface area contributed by atoms with Gasteiger partial charge in [-0.2, -0.15) is 0 Å². The van der Waals surface area contributed by atoms with Crippen molar-refractivity contribution in [3.63, 3.8) is 0 Å². The van der Waals surface area contributed by atoms with Gasteiger partial charge in [0.25, 0.3) is 11.5 Å². The number of nitrogens with two attached hydrogens (primary N) is 1. The van der Waals surface area contributed by atoms with Gasteiger partial charge in [0, 0.05) is 19.2 Å². The highest BCUT2D eigenvalue weighted by atomic mass is 16.5. The Balaban J connectivity index is 1.84. The van der Waals surface area contributed by atoms with Gasteiger partial charge in [0.15, 0.2) is 11.5 Å². The van der Waals surface area contributed by atoms with Crippen molar-refractivity contribution >= 4 is 5.91 Å². The molecule has 1 aromatic heterocycles. The monoisotopic (exact) mass is 358 g/mol. The molecule has 1 amide bonds. The largest absolute Gasteiger partial charge is 0.493 e. The summed E-state index contributed by atoms with van der Waals surface area (Å²) in [6, 6.07) is 5.00. The van der Waals surface area contributed by atoms with Crippen LogP contribution in [0, 0.1) is 6.92 Å². The average Bonchev–Trinajstić information content (AvgIpc) is 3.07. The second kappa shape index (κ2) is 7.17. The Kier molecular flexibility index (Phi) is 4.94. The van der Waals surface area contributed by atoms with Crippen LogP contribution in [0.5, 0.6) is 11.5 Å². The highest BCUT2D eigenvalue weighted by molar-refractivity contribution is 5.95. The molecule has 0 unspecified atom stereocenters. The van der Waals surface area contributed by atoms with E-state index in [1.165, 1.54) is 11.7 Å². The third kappa shape index (κ3) is 3.15. The lowest BCUT2D eigenvalue weighted by Crippen LogP contribution is -2.27. The van der Waals surface area contributed by atoms with Crippen LogP contribution in [0.4, 0.5) is 0 Å². The van der Waals surface area contributed by atoms with Crippen LogP contribution >= 0.6 is 0 Å². The van der Waals surface area contributed by atoms with Crippen LogP contribution in [-0.4, -0.2) is 40.6 Å². The van der Waals surface area contributed by atoms with Crippen LogP contribution in [0.3, 0.4) is 0 Å². The molecule has 8 heteroatoms. The molecule has 0 saturated heterocycles. The zero-order valence-electron chi connectivity index (χ0n) is 15.1. The van der Waals surface area contributed by atoms with Crippen molar-refractivity contribution in [1.29, 1.82) is 0 Å². The minimum atomic E-state index is -0.189. The van der Waals surface area contributed by atoms with E-state index in [2.05, 4.69) is 4.98 Å². The molecule has 1 aliphatic rings. The average molecular weight is 358 g/mol. The quantitative estimate of drug-likeness (QED) is 0.840. The van der Waals surface area contributed by atoms with Crippen molar-refractivity contribution in [2.24, 2.45) is 12.8 Å². The van der Waals surface area contributed by atoms with Gasteiger partial charge in [0.05, 0.1) is 31.5 Å². The third-order valence-electron chi connectivity index (χ3n) is 4.46. The summed E-state index contributed by atoms with van der Waals surface area (Å²) in [5, 5.41) is 0. The van der Waals surface area contributed by atoms with E-state index in [1.807, 2.05) is 0 Å². The summed E-state index contributed by atoms with van der Waals surface area (Å²) in [4.78, 5) is 31.3. The Morgan fingerprint density at radius 2 is 2.08 bits per heavy atom. The van der Waals surface area contributed by atoms with Gasteiger partial charge in [-0.3, -0.25) is 14.2 Å². The van der Waals surface area contributed by atoms with E-state index in [0.717, 1.165) is 0 Å². The van der Waals surface area contributed by atoms with Crippen LogP contribution in [0.2, 0.25) is 0 Å². The summed E-state index contributed by atoms with van der Waals surface area (Å²) in [7, 11) is 3.20. The number of aromatic nitrogens is 2. The zero-order chi connectivity index (χ0) is 18.8. The zero-order valence-corrected chi connectivity index (χ0v) is 15.1. The Morgan fingerprint density at radius 3 is 2.77 bits per heavy atom. The second-order valence-electron chi connectivity index (χ2n) is 6.11. The number of hydrogen-bond acceptors (Lipinski definition) is 6. The fourth-order valence-corrected chi connectivity index (χ4v) is 2.94. The summed E-state index contributed by atoms with van der Waals surface area (Å²) in [5.74, 6) is 1.44. The smallest absolute Gasteiger partial charge is 0.258 e. The maximum atomic E-state index is 12.9. The molecule has 2 heterocycles. The number of nitrogens with zero attached hydrogens (tertiary/aromatic N) is 3. The number of carbonyl (C=O) groups is 1. The SMILES string of the molecule is COc1cc(C(=O)N2Cc3nc(C)n(C)c(=O)c3C2)ccc1OCCN. The number of benzene rings is 1. The van der Waals surface area contributed by atoms with Gasteiger partial charge in [-0.15, -0.1) is 0 Å². The van der Waals surface area contributed by atoms with E-state index in [1.54, 1.807) is 37.1 Å². The Labute approximate surface area is 151 Å². The molecule has 0 fully saturated rings. The van der Waals surface area contributed by atoms with Crippen molar-refractivity contribution < 1.29 is 14.3 Å². The van der Waals surface area contributed by atoms with Crippen molar-refractivity contribution in [3.8, 4) is 11.5 Å². The minimum absolute atomic E-state index is 0.106.